The van der Waals surface area contributed by atoms with Gasteiger partial charge in [0.05, 0.1) is 4.90 Å². The van der Waals surface area contributed by atoms with E-state index in [0.29, 0.717) is 25.1 Å². The van der Waals surface area contributed by atoms with Crippen LogP contribution in [-0.4, -0.2) is 33.7 Å². The van der Waals surface area contributed by atoms with Crippen molar-refractivity contribution in [2.24, 2.45) is 5.11 Å². The van der Waals surface area contributed by atoms with Crippen molar-refractivity contribution < 1.29 is 13.2 Å². The first-order valence-corrected chi connectivity index (χ1v) is 7.43. The molecule has 0 aliphatic heterocycles. The van der Waals surface area contributed by atoms with Gasteiger partial charge in [-0.2, -0.15) is 0 Å². The van der Waals surface area contributed by atoms with Crippen molar-refractivity contribution in [3.05, 3.63) is 40.3 Å². The van der Waals surface area contributed by atoms with E-state index < -0.39 is 9.84 Å². The molecule has 0 aromatic heterocycles. The van der Waals surface area contributed by atoms with Crippen LogP contribution in [0.25, 0.3) is 10.4 Å². The highest BCUT2D eigenvalue weighted by Crippen LogP contribution is 2.10. The summed E-state index contributed by atoms with van der Waals surface area (Å²) in [6.07, 6.45) is 1.66. The highest BCUT2D eigenvalue weighted by Gasteiger charge is 2.09. The molecule has 7 nitrogen and oxygen atoms in total. The molecule has 1 amide bonds. The number of nitrogens with one attached hydrogen (secondary N) is 1. The van der Waals surface area contributed by atoms with E-state index in [2.05, 4.69) is 15.3 Å². The highest BCUT2D eigenvalue weighted by molar-refractivity contribution is 7.90. The minimum atomic E-state index is -3.25. The number of azide groups is 1. The fraction of sp³-hybridized carbons (Fsp3) is 0.364. The summed E-state index contributed by atoms with van der Waals surface area (Å²) in [4.78, 5) is 14.4. The predicted octanol–water partition coefficient (Wildman–Crippen LogP) is 1.52. The van der Waals surface area contributed by atoms with Gasteiger partial charge in [0.15, 0.2) is 9.84 Å². The number of amides is 1. The molecule has 0 spiro atoms. The SMILES string of the molecule is CS(=O)(=O)c1ccc(C(=O)NCCCN=[N+]=[N-])cc1. The van der Waals surface area contributed by atoms with Gasteiger partial charge in [-0.25, -0.2) is 8.42 Å². The summed E-state index contributed by atoms with van der Waals surface area (Å²) in [6, 6.07) is 5.70. The van der Waals surface area contributed by atoms with Crippen LogP contribution in [0.1, 0.15) is 16.8 Å². The highest BCUT2D eigenvalue weighted by atomic mass is 32.2. The molecule has 0 radical (unpaired) electrons. The Hall–Kier alpha value is -2.05. The molecule has 102 valence electrons. The molecule has 0 saturated carbocycles. The van der Waals surface area contributed by atoms with Gasteiger partial charge in [-0.05, 0) is 36.2 Å². The molecule has 0 bridgehead atoms. The second kappa shape index (κ2) is 6.77. The third-order valence-corrected chi connectivity index (χ3v) is 3.46. The van der Waals surface area contributed by atoms with Crippen LogP contribution < -0.4 is 5.32 Å². The lowest BCUT2D eigenvalue weighted by molar-refractivity contribution is 0.0953. The number of carbonyl (C=O) groups is 1. The number of rotatable bonds is 6. The zero-order chi connectivity index (χ0) is 14.3. The van der Waals surface area contributed by atoms with Gasteiger partial charge in [0.25, 0.3) is 5.91 Å². The smallest absolute Gasteiger partial charge is 0.251 e. The van der Waals surface area contributed by atoms with Gasteiger partial charge >= 0.3 is 0 Å². The molecule has 19 heavy (non-hydrogen) atoms. The maximum Gasteiger partial charge on any atom is 0.251 e. The van der Waals surface area contributed by atoms with E-state index >= 15 is 0 Å². The number of benzene rings is 1. The molecule has 8 heteroatoms. The number of nitrogens with zero attached hydrogens (tertiary/aromatic N) is 3. The van der Waals surface area contributed by atoms with Crippen LogP contribution in [0.15, 0.2) is 34.3 Å². The van der Waals surface area contributed by atoms with Gasteiger partial charge in [-0.1, -0.05) is 5.11 Å². The molecule has 0 unspecified atom stereocenters. The van der Waals surface area contributed by atoms with Crippen LogP contribution in [0, 0.1) is 0 Å². The van der Waals surface area contributed by atoms with Crippen molar-refractivity contribution >= 4 is 15.7 Å². The molecule has 1 aromatic carbocycles. The summed E-state index contributed by atoms with van der Waals surface area (Å²) in [7, 11) is -3.25. The molecule has 0 aliphatic carbocycles. The molecule has 0 atom stereocenters. The first kappa shape index (κ1) is 15.0. The second-order valence-corrected chi connectivity index (χ2v) is 5.88. The van der Waals surface area contributed by atoms with E-state index in [1.165, 1.54) is 24.3 Å². The zero-order valence-corrected chi connectivity index (χ0v) is 11.2. The van der Waals surface area contributed by atoms with Crippen LogP contribution in [0.3, 0.4) is 0 Å². The summed E-state index contributed by atoms with van der Waals surface area (Å²) in [5.41, 5.74) is 8.45. The van der Waals surface area contributed by atoms with Crippen molar-refractivity contribution in [2.45, 2.75) is 11.3 Å². The molecular formula is C11H14N4O3S. The topological polar surface area (TPSA) is 112 Å². The standard InChI is InChI=1S/C11H14N4O3S/c1-19(17,18)10-5-3-9(4-6-10)11(16)13-7-2-8-14-15-12/h3-6H,2,7-8H2,1H3,(H,13,16). The molecule has 1 aromatic rings. The van der Waals surface area contributed by atoms with Crippen molar-refractivity contribution in [1.29, 1.82) is 0 Å². The van der Waals surface area contributed by atoms with E-state index in [-0.39, 0.29) is 10.8 Å². The van der Waals surface area contributed by atoms with E-state index in [0.717, 1.165) is 6.26 Å². The van der Waals surface area contributed by atoms with E-state index in [1.54, 1.807) is 0 Å². The Morgan fingerprint density at radius 1 is 1.37 bits per heavy atom. The van der Waals surface area contributed by atoms with E-state index in [9.17, 15) is 13.2 Å². The quantitative estimate of drug-likeness (QED) is 0.369. The van der Waals surface area contributed by atoms with Gasteiger partial charge in [-0.15, -0.1) is 0 Å². The summed E-state index contributed by atoms with van der Waals surface area (Å²) in [6.45, 7) is 0.718. The van der Waals surface area contributed by atoms with Crippen molar-refractivity contribution in [3.63, 3.8) is 0 Å². The molecule has 1 N–H and O–H groups in total. The van der Waals surface area contributed by atoms with Crippen LogP contribution in [-0.2, 0) is 9.84 Å². The van der Waals surface area contributed by atoms with Crippen molar-refractivity contribution in [1.82, 2.24) is 5.32 Å². The summed E-state index contributed by atoms with van der Waals surface area (Å²) < 4.78 is 22.5. The molecule has 0 saturated heterocycles. The van der Waals surface area contributed by atoms with Crippen LogP contribution in [0.5, 0.6) is 0 Å². The number of hydrogen-bond donors (Lipinski definition) is 1. The predicted molar refractivity (Wildman–Crippen MR) is 70.5 cm³/mol. The van der Waals surface area contributed by atoms with Crippen LogP contribution >= 0.6 is 0 Å². The normalized spacial score (nSPS) is 10.6. The summed E-state index contributed by atoms with van der Waals surface area (Å²) in [5, 5.41) is 5.99. The lowest BCUT2D eigenvalue weighted by Gasteiger charge is -2.04. The summed E-state index contributed by atoms with van der Waals surface area (Å²) in [5.74, 6) is -0.291. The second-order valence-electron chi connectivity index (χ2n) is 3.86. The fourth-order valence-electron chi connectivity index (χ4n) is 1.35. The average molecular weight is 282 g/mol. The van der Waals surface area contributed by atoms with Gasteiger partial charge in [0, 0.05) is 29.8 Å². The Bertz CT molecular complexity index is 589. The lowest BCUT2D eigenvalue weighted by Crippen LogP contribution is -2.24. The minimum Gasteiger partial charge on any atom is -0.352 e. The fourth-order valence-corrected chi connectivity index (χ4v) is 1.98. The largest absolute Gasteiger partial charge is 0.352 e. The lowest BCUT2D eigenvalue weighted by atomic mass is 10.2. The van der Waals surface area contributed by atoms with Gasteiger partial charge in [-0.3, -0.25) is 4.79 Å². The molecular weight excluding hydrogens is 268 g/mol. The average Bonchev–Trinajstić information content (AvgIpc) is 2.37. The Morgan fingerprint density at radius 2 is 2.00 bits per heavy atom. The van der Waals surface area contributed by atoms with Crippen LogP contribution in [0.2, 0.25) is 0 Å². The maximum absolute atomic E-state index is 11.7. The number of sulfone groups is 1. The monoisotopic (exact) mass is 282 g/mol. The van der Waals surface area contributed by atoms with E-state index in [1.807, 2.05) is 0 Å². The number of hydrogen-bond acceptors (Lipinski definition) is 4. The van der Waals surface area contributed by atoms with Gasteiger partial charge < -0.3 is 5.32 Å². The third kappa shape index (κ3) is 4.99. The third-order valence-electron chi connectivity index (χ3n) is 2.33. The summed E-state index contributed by atoms with van der Waals surface area (Å²) >= 11 is 0. The molecule has 0 heterocycles. The first-order chi connectivity index (χ1) is 8.95. The minimum absolute atomic E-state index is 0.174. The molecule has 1 rings (SSSR count). The van der Waals surface area contributed by atoms with Gasteiger partial charge in [0.2, 0.25) is 0 Å². The zero-order valence-electron chi connectivity index (χ0n) is 10.4. The van der Waals surface area contributed by atoms with Crippen molar-refractivity contribution in [3.8, 4) is 0 Å². The molecule has 0 aliphatic rings. The Balaban J connectivity index is 2.56. The maximum atomic E-state index is 11.7. The molecule has 0 fully saturated rings. The van der Waals surface area contributed by atoms with Crippen LogP contribution in [0.4, 0.5) is 0 Å². The Labute approximate surface area is 111 Å². The van der Waals surface area contributed by atoms with Crippen molar-refractivity contribution in [2.75, 3.05) is 19.3 Å². The Morgan fingerprint density at radius 3 is 2.53 bits per heavy atom. The first-order valence-electron chi connectivity index (χ1n) is 5.54. The van der Waals surface area contributed by atoms with Gasteiger partial charge in [0.1, 0.15) is 0 Å². The Kier molecular flexibility index (Phi) is 5.35. The van der Waals surface area contributed by atoms with E-state index in [4.69, 9.17) is 5.53 Å². The number of carbonyl (C=O) groups excluding carboxylic acids is 1.